The third kappa shape index (κ3) is 9.05. The van der Waals surface area contributed by atoms with Crippen molar-refractivity contribution in [2.45, 2.75) is 108 Å². The molecular formula is C54H62N2O10. The van der Waals surface area contributed by atoms with Crippen LogP contribution in [0.25, 0.3) is 10.8 Å². The van der Waals surface area contributed by atoms with E-state index in [4.69, 9.17) is 38.4 Å². The molecule has 12 nitrogen and oxygen atoms in total. The van der Waals surface area contributed by atoms with Crippen LogP contribution in [-0.2, 0) is 25.7 Å². The maximum absolute atomic E-state index is 15.0. The third-order valence-electron chi connectivity index (χ3n) is 14.4. The first-order valence-electron chi connectivity index (χ1n) is 24.2. The summed E-state index contributed by atoms with van der Waals surface area (Å²) < 4.78 is 39.0. The first-order chi connectivity index (χ1) is 32.5. The molecule has 0 bridgehead atoms. The summed E-state index contributed by atoms with van der Waals surface area (Å²) in [6, 6.07) is 25.7. The van der Waals surface area contributed by atoms with Crippen LogP contribution in [0.4, 0.5) is 0 Å². The standard InChI is InChI=1S/C54H62N2O10/c1-2-26-63-54-49(56(53(59)37-17-18-37)33-35-16-22-47-48(28-35)62-34-61-47)32-45(55-66-50-15-7-10-27-60-50)43-30-39(13-5-8-24-57)42(14-6-9-25-58)51(52(43)54)44-31-41(21-23-46(44)65-54)64-40-20-19-36-11-3-4-12-38(36)29-40/h2-4,11-12,16,19-23,28-31,37,39,42,49-52,57-58H,1,5-10,13-15,17-18,24-27,32-34H2. The topological polar surface area (TPSA) is 138 Å². The number of amides is 1. The van der Waals surface area contributed by atoms with Gasteiger partial charge in [0.15, 0.2) is 11.5 Å². The summed E-state index contributed by atoms with van der Waals surface area (Å²) in [5.74, 6) is 1.47. The molecule has 7 atom stereocenters. The first-order valence-corrected chi connectivity index (χ1v) is 24.2. The fraction of sp³-hybridized carbons (Fsp3) is 0.481. The van der Waals surface area contributed by atoms with E-state index < -0.39 is 24.0 Å². The molecule has 348 valence electrons. The summed E-state index contributed by atoms with van der Waals surface area (Å²) in [5.41, 5.74) is 3.63. The van der Waals surface area contributed by atoms with Gasteiger partial charge < -0.3 is 48.4 Å². The molecular weight excluding hydrogens is 837 g/mol. The lowest BCUT2D eigenvalue weighted by atomic mass is 9.55. The molecule has 6 aliphatic rings. The molecule has 66 heavy (non-hydrogen) atoms. The molecule has 7 unspecified atom stereocenters. The summed E-state index contributed by atoms with van der Waals surface area (Å²) in [6.45, 7) is 5.54. The number of ether oxygens (including phenoxy) is 6. The molecule has 2 N–H and O–H groups in total. The number of fused-ring (bicyclic) bond motifs is 4. The Balaban J connectivity index is 1.15. The average molecular weight is 899 g/mol. The second-order valence-electron chi connectivity index (χ2n) is 18.7. The van der Waals surface area contributed by atoms with E-state index in [0.717, 1.165) is 96.7 Å². The van der Waals surface area contributed by atoms with E-state index in [9.17, 15) is 10.2 Å². The van der Waals surface area contributed by atoms with Crippen molar-refractivity contribution in [1.29, 1.82) is 0 Å². The maximum atomic E-state index is 15.0. The van der Waals surface area contributed by atoms with E-state index in [1.165, 1.54) is 0 Å². The van der Waals surface area contributed by atoms with Crippen LogP contribution in [0.2, 0.25) is 0 Å². The Morgan fingerprint density at radius 3 is 2.45 bits per heavy atom. The lowest BCUT2D eigenvalue weighted by molar-refractivity contribution is -0.258. The molecule has 0 aromatic heterocycles. The van der Waals surface area contributed by atoms with E-state index >= 15 is 4.79 Å². The summed E-state index contributed by atoms with van der Waals surface area (Å²) in [5, 5.41) is 27.4. The van der Waals surface area contributed by atoms with Crippen LogP contribution in [0.1, 0.15) is 94.1 Å². The van der Waals surface area contributed by atoms with Gasteiger partial charge in [-0.2, -0.15) is 0 Å². The zero-order valence-corrected chi connectivity index (χ0v) is 37.7. The largest absolute Gasteiger partial charge is 0.459 e. The fourth-order valence-corrected chi connectivity index (χ4v) is 11.1. The van der Waals surface area contributed by atoms with Gasteiger partial charge in [-0.25, -0.2) is 0 Å². The zero-order chi connectivity index (χ0) is 45.0. The molecule has 12 heteroatoms. The van der Waals surface area contributed by atoms with E-state index in [-0.39, 0.29) is 62.7 Å². The highest BCUT2D eigenvalue weighted by Gasteiger charge is 2.66. The van der Waals surface area contributed by atoms with Gasteiger partial charge in [-0.3, -0.25) is 4.79 Å². The number of unbranched alkanes of at least 4 members (excludes halogenated alkanes) is 2. The van der Waals surface area contributed by atoms with Crippen LogP contribution < -0.4 is 18.9 Å². The smallest absolute Gasteiger partial charge is 0.239 e. The van der Waals surface area contributed by atoms with E-state index in [1.807, 2.05) is 53.4 Å². The minimum absolute atomic E-state index is 0.0461. The molecule has 10 rings (SSSR count). The Hall–Kier alpha value is -5.40. The molecule has 0 radical (unpaired) electrons. The molecule has 3 aliphatic carbocycles. The van der Waals surface area contributed by atoms with Crippen molar-refractivity contribution in [3.05, 3.63) is 114 Å². The minimum Gasteiger partial charge on any atom is -0.459 e. The van der Waals surface area contributed by atoms with Crippen molar-refractivity contribution >= 4 is 22.4 Å². The van der Waals surface area contributed by atoms with Crippen molar-refractivity contribution in [1.82, 2.24) is 4.90 Å². The second kappa shape index (κ2) is 19.8. The first kappa shape index (κ1) is 44.4. The summed E-state index contributed by atoms with van der Waals surface area (Å²) >= 11 is 0. The van der Waals surface area contributed by atoms with Crippen molar-refractivity contribution < 1.29 is 48.3 Å². The predicted molar refractivity (Wildman–Crippen MR) is 249 cm³/mol. The number of hydrogen-bond acceptors (Lipinski definition) is 11. The van der Waals surface area contributed by atoms with Gasteiger partial charge >= 0.3 is 0 Å². The Labute approximate surface area is 387 Å². The van der Waals surface area contributed by atoms with Crippen LogP contribution in [0.3, 0.4) is 0 Å². The molecule has 2 saturated carbocycles. The Kier molecular flexibility index (Phi) is 13.3. The number of benzene rings is 4. The van der Waals surface area contributed by atoms with Gasteiger partial charge in [-0.1, -0.05) is 66.5 Å². The van der Waals surface area contributed by atoms with E-state index in [2.05, 4.69) is 43.0 Å². The van der Waals surface area contributed by atoms with Gasteiger partial charge in [0, 0.05) is 50.0 Å². The molecule has 0 spiro atoms. The lowest BCUT2D eigenvalue weighted by Gasteiger charge is -2.60. The van der Waals surface area contributed by atoms with Gasteiger partial charge in [-0.05, 0) is 128 Å². The summed E-state index contributed by atoms with van der Waals surface area (Å²) in [4.78, 5) is 23.4. The molecule has 1 amide bonds. The number of rotatable bonds is 19. The SMILES string of the molecule is C=CCOC12Oc3ccc(Oc4ccc5ccccc5c4)cc3C3C(CCCCO)C(CCCCO)C=C(C(=NOC4CCCCO4)CC1N(Cc1ccc4c(c1)OCO4)C(=O)C1CC1)C32. The normalized spacial score (nSPS) is 26.8. The third-order valence-corrected chi connectivity index (χ3v) is 14.4. The highest BCUT2D eigenvalue weighted by atomic mass is 16.8. The molecule has 4 aromatic carbocycles. The average Bonchev–Trinajstić information content (AvgIpc) is 4.10. The van der Waals surface area contributed by atoms with Crippen molar-refractivity contribution in [2.75, 3.05) is 33.2 Å². The number of nitrogens with zero attached hydrogens (tertiary/aromatic N) is 2. The van der Waals surface area contributed by atoms with E-state index in [0.29, 0.717) is 48.9 Å². The van der Waals surface area contributed by atoms with Crippen LogP contribution in [-0.4, -0.2) is 78.1 Å². The van der Waals surface area contributed by atoms with Gasteiger partial charge in [0.1, 0.15) is 23.3 Å². The predicted octanol–water partition coefficient (Wildman–Crippen LogP) is 9.96. The summed E-state index contributed by atoms with van der Waals surface area (Å²) in [6.07, 6.45) is 13.0. The highest BCUT2D eigenvalue weighted by Crippen LogP contribution is 2.62. The van der Waals surface area contributed by atoms with E-state index in [1.54, 1.807) is 6.08 Å². The highest BCUT2D eigenvalue weighted by molar-refractivity contribution is 6.03. The number of carbonyl (C=O) groups excluding carboxylic acids is 1. The van der Waals surface area contributed by atoms with Gasteiger partial charge in [0.05, 0.1) is 24.8 Å². The molecule has 3 heterocycles. The van der Waals surface area contributed by atoms with Gasteiger partial charge in [-0.15, -0.1) is 6.58 Å². The lowest BCUT2D eigenvalue weighted by Crippen LogP contribution is -2.70. The zero-order valence-electron chi connectivity index (χ0n) is 37.7. The Morgan fingerprint density at radius 2 is 1.65 bits per heavy atom. The van der Waals surface area contributed by atoms with Gasteiger partial charge in [0.2, 0.25) is 24.8 Å². The molecule has 3 aliphatic heterocycles. The van der Waals surface area contributed by atoms with Gasteiger partial charge in [0.25, 0.3) is 0 Å². The van der Waals surface area contributed by atoms with Crippen molar-refractivity contribution in [3.8, 4) is 28.7 Å². The monoisotopic (exact) mass is 898 g/mol. The van der Waals surface area contributed by atoms with Crippen molar-refractivity contribution in [2.24, 2.45) is 28.8 Å². The molecule has 3 fully saturated rings. The van der Waals surface area contributed by atoms with Crippen LogP contribution in [0.5, 0.6) is 28.7 Å². The second-order valence-corrected chi connectivity index (χ2v) is 18.7. The minimum atomic E-state index is -1.38. The number of hydrogen-bond donors (Lipinski definition) is 2. The van der Waals surface area contributed by atoms with Crippen LogP contribution in [0.15, 0.2) is 108 Å². The number of allylic oxidation sites excluding steroid dienone is 1. The number of aliphatic hydroxyl groups is 2. The van der Waals surface area contributed by atoms with Crippen LogP contribution >= 0.6 is 0 Å². The number of oxime groups is 1. The summed E-state index contributed by atoms with van der Waals surface area (Å²) in [7, 11) is 0. The fourth-order valence-electron chi connectivity index (χ4n) is 11.1. The molecule has 4 aromatic rings. The number of aliphatic hydroxyl groups excluding tert-OH is 2. The Bertz CT molecular complexity index is 2440. The van der Waals surface area contributed by atoms with Crippen LogP contribution in [0, 0.1) is 23.7 Å². The maximum Gasteiger partial charge on any atom is 0.239 e. The number of carbonyl (C=O) groups is 1. The quantitative estimate of drug-likeness (QED) is 0.0532. The Morgan fingerprint density at radius 1 is 0.864 bits per heavy atom. The van der Waals surface area contributed by atoms with Crippen molar-refractivity contribution in [3.63, 3.8) is 0 Å². The molecule has 1 saturated heterocycles.